The maximum absolute atomic E-state index is 12.9. The van der Waals surface area contributed by atoms with Crippen molar-refractivity contribution in [3.63, 3.8) is 0 Å². The van der Waals surface area contributed by atoms with Crippen molar-refractivity contribution < 1.29 is 13.6 Å². The molecule has 3 nitrogen and oxygen atoms in total. The molecule has 1 heterocycles. The normalized spacial score (nSPS) is 23.7. The third-order valence-corrected chi connectivity index (χ3v) is 3.05. The molecule has 1 aromatic carbocycles. The molecule has 2 atom stereocenters. The number of hydrogen-bond donors (Lipinski definition) is 2. The van der Waals surface area contributed by atoms with Crippen molar-refractivity contribution in [1.29, 1.82) is 0 Å². The predicted molar refractivity (Wildman–Crippen MR) is 60.6 cm³/mol. The van der Waals surface area contributed by atoms with E-state index in [1.54, 1.807) is 0 Å². The van der Waals surface area contributed by atoms with Gasteiger partial charge in [0.25, 0.3) is 0 Å². The quantitative estimate of drug-likeness (QED) is 0.829. The molecule has 0 radical (unpaired) electrons. The van der Waals surface area contributed by atoms with E-state index in [0.717, 1.165) is 25.1 Å². The number of hydrogen-bond acceptors (Lipinski definition) is 2. The van der Waals surface area contributed by atoms with Gasteiger partial charge in [-0.2, -0.15) is 0 Å². The molecule has 0 spiro atoms. The van der Waals surface area contributed by atoms with E-state index in [0.29, 0.717) is 0 Å². The Morgan fingerprint density at radius 3 is 2.76 bits per heavy atom. The number of carbonyl (C=O) groups is 1. The first kappa shape index (κ1) is 12.0. The minimum atomic E-state index is -0.958. The van der Waals surface area contributed by atoms with E-state index in [1.807, 2.05) is 6.92 Å². The number of rotatable bonds is 2. The molecule has 1 fully saturated rings. The third kappa shape index (κ3) is 2.61. The molecule has 1 saturated heterocycles. The van der Waals surface area contributed by atoms with Gasteiger partial charge in [0, 0.05) is 17.8 Å². The highest BCUT2D eigenvalue weighted by Gasteiger charge is 2.29. The van der Waals surface area contributed by atoms with Crippen LogP contribution in [0.4, 0.5) is 14.5 Å². The van der Waals surface area contributed by atoms with Crippen molar-refractivity contribution in [2.45, 2.75) is 19.4 Å². The van der Waals surface area contributed by atoms with Crippen LogP contribution >= 0.6 is 0 Å². The predicted octanol–water partition coefficient (Wildman–Crippen LogP) is 1.90. The van der Waals surface area contributed by atoms with E-state index in [4.69, 9.17) is 0 Å². The zero-order valence-corrected chi connectivity index (χ0v) is 9.47. The Hall–Kier alpha value is -1.49. The van der Waals surface area contributed by atoms with Gasteiger partial charge in [0.15, 0.2) is 11.6 Å². The van der Waals surface area contributed by atoms with Gasteiger partial charge < -0.3 is 10.6 Å². The zero-order chi connectivity index (χ0) is 12.4. The van der Waals surface area contributed by atoms with Gasteiger partial charge in [-0.15, -0.1) is 0 Å². The van der Waals surface area contributed by atoms with Crippen LogP contribution < -0.4 is 10.6 Å². The Balaban J connectivity index is 2.05. The fourth-order valence-corrected chi connectivity index (χ4v) is 2.03. The Morgan fingerprint density at radius 2 is 2.18 bits per heavy atom. The molecule has 92 valence electrons. The molecule has 1 aliphatic heterocycles. The largest absolute Gasteiger partial charge is 0.326 e. The minimum absolute atomic E-state index is 0.111. The summed E-state index contributed by atoms with van der Waals surface area (Å²) < 4.78 is 25.6. The van der Waals surface area contributed by atoms with Crippen molar-refractivity contribution in [3.05, 3.63) is 29.8 Å². The Kier molecular flexibility index (Phi) is 3.38. The summed E-state index contributed by atoms with van der Waals surface area (Å²) in [5, 5.41) is 5.76. The van der Waals surface area contributed by atoms with Crippen molar-refractivity contribution in [1.82, 2.24) is 5.32 Å². The summed E-state index contributed by atoms with van der Waals surface area (Å²) in [6.45, 7) is 2.74. The number of carbonyl (C=O) groups excluding carboxylic acids is 1. The maximum Gasteiger partial charge on any atom is 0.229 e. The van der Waals surface area contributed by atoms with Crippen LogP contribution in [0, 0.1) is 17.6 Å². The summed E-state index contributed by atoms with van der Waals surface area (Å²) in [7, 11) is 0. The minimum Gasteiger partial charge on any atom is -0.326 e. The summed E-state index contributed by atoms with van der Waals surface area (Å²) >= 11 is 0. The fraction of sp³-hybridized carbons (Fsp3) is 0.417. The number of nitrogens with one attached hydrogen (secondary N) is 2. The van der Waals surface area contributed by atoms with E-state index in [9.17, 15) is 13.6 Å². The molecule has 0 unspecified atom stereocenters. The lowest BCUT2D eigenvalue weighted by molar-refractivity contribution is -0.120. The van der Waals surface area contributed by atoms with Gasteiger partial charge in [-0.25, -0.2) is 8.78 Å². The van der Waals surface area contributed by atoms with Crippen LogP contribution in [0.25, 0.3) is 0 Å². The highest BCUT2D eigenvalue weighted by atomic mass is 19.2. The van der Waals surface area contributed by atoms with E-state index >= 15 is 0 Å². The van der Waals surface area contributed by atoms with E-state index in [-0.39, 0.29) is 23.6 Å². The first-order valence-electron chi connectivity index (χ1n) is 5.57. The summed E-state index contributed by atoms with van der Waals surface area (Å²) in [4.78, 5) is 11.9. The van der Waals surface area contributed by atoms with E-state index < -0.39 is 11.6 Å². The highest BCUT2D eigenvalue weighted by Crippen LogP contribution is 2.19. The number of anilines is 1. The van der Waals surface area contributed by atoms with Crippen LogP contribution in [-0.4, -0.2) is 18.5 Å². The average molecular weight is 240 g/mol. The molecule has 0 saturated carbocycles. The van der Waals surface area contributed by atoms with Crippen molar-refractivity contribution in [2.75, 3.05) is 11.9 Å². The Labute approximate surface area is 98.2 Å². The van der Waals surface area contributed by atoms with Gasteiger partial charge in [0.1, 0.15) is 0 Å². The summed E-state index contributed by atoms with van der Waals surface area (Å²) in [6, 6.07) is 3.45. The first-order chi connectivity index (χ1) is 8.08. The van der Waals surface area contributed by atoms with Crippen LogP contribution in [-0.2, 0) is 4.79 Å². The van der Waals surface area contributed by atoms with Gasteiger partial charge in [0.2, 0.25) is 5.91 Å². The molecular weight excluding hydrogens is 226 g/mol. The molecule has 0 aliphatic carbocycles. The second kappa shape index (κ2) is 4.79. The highest BCUT2D eigenvalue weighted by molar-refractivity contribution is 5.93. The van der Waals surface area contributed by atoms with Crippen molar-refractivity contribution >= 4 is 11.6 Å². The molecule has 0 bridgehead atoms. The summed E-state index contributed by atoms with van der Waals surface area (Å²) in [6.07, 6.45) is 0.761. The molecule has 0 aromatic heterocycles. The molecule has 1 aromatic rings. The lowest BCUT2D eigenvalue weighted by atomic mass is 10.0. The Morgan fingerprint density at radius 1 is 1.41 bits per heavy atom. The SMILES string of the molecule is C[C@@H]1NCC[C@@H]1C(=O)Nc1ccc(F)c(F)c1. The van der Waals surface area contributed by atoms with Gasteiger partial charge >= 0.3 is 0 Å². The molecular formula is C12H14F2N2O. The van der Waals surface area contributed by atoms with Crippen molar-refractivity contribution in [3.8, 4) is 0 Å². The third-order valence-electron chi connectivity index (χ3n) is 3.05. The van der Waals surface area contributed by atoms with Crippen LogP contribution in [0.2, 0.25) is 0 Å². The monoisotopic (exact) mass is 240 g/mol. The summed E-state index contributed by atoms with van der Waals surface area (Å²) in [5.41, 5.74) is 0.285. The van der Waals surface area contributed by atoms with Crippen LogP contribution in [0.1, 0.15) is 13.3 Å². The fourth-order valence-electron chi connectivity index (χ4n) is 2.03. The lowest BCUT2D eigenvalue weighted by Gasteiger charge is -2.14. The Bertz CT molecular complexity index is 437. The molecule has 1 aliphatic rings. The maximum atomic E-state index is 12.9. The first-order valence-corrected chi connectivity index (χ1v) is 5.57. The summed E-state index contributed by atoms with van der Waals surface area (Å²) in [5.74, 6) is -2.16. The number of halogens is 2. The second-order valence-corrected chi connectivity index (χ2v) is 4.26. The van der Waals surface area contributed by atoms with Crippen LogP contribution in [0.5, 0.6) is 0 Å². The molecule has 5 heteroatoms. The van der Waals surface area contributed by atoms with Gasteiger partial charge in [-0.1, -0.05) is 0 Å². The number of amides is 1. The standard InChI is InChI=1S/C12H14F2N2O/c1-7-9(4-5-15-7)12(17)16-8-2-3-10(13)11(14)6-8/h2-3,6-7,9,15H,4-5H2,1H3,(H,16,17)/t7-,9-/m0/s1. The van der Waals surface area contributed by atoms with Gasteiger partial charge in [-0.05, 0) is 32.0 Å². The van der Waals surface area contributed by atoms with Crippen LogP contribution in [0.3, 0.4) is 0 Å². The smallest absolute Gasteiger partial charge is 0.229 e. The molecule has 2 N–H and O–H groups in total. The number of benzene rings is 1. The zero-order valence-electron chi connectivity index (χ0n) is 9.47. The average Bonchev–Trinajstić information content (AvgIpc) is 2.70. The lowest BCUT2D eigenvalue weighted by Crippen LogP contribution is -2.32. The second-order valence-electron chi connectivity index (χ2n) is 4.26. The van der Waals surface area contributed by atoms with Crippen molar-refractivity contribution in [2.24, 2.45) is 5.92 Å². The van der Waals surface area contributed by atoms with E-state index in [1.165, 1.54) is 6.07 Å². The van der Waals surface area contributed by atoms with E-state index in [2.05, 4.69) is 10.6 Å². The van der Waals surface area contributed by atoms with Gasteiger partial charge in [0.05, 0.1) is 5.92 Å². The topological polar surface area (TPSA) is 41.1 Å². The molecule has 2 rings (SSSR count). The van der Waals surface area contributed by atoms with Crippen LogP contribution in [0.15, 0.2) is 18.2 Å². The molecule has 1 amide bonds. The molecule has 17 heavy (non-hydrogen) atoms. The van der Waals surface area contributed by atoms with Gasteiger partial charge in [-0.3, -0.25) is 4.79 Å².